The van der Waals surface area contributed by atoms with Gasteiger partial charge in [0, 0.05) is 24.9 Å². The van der Waals surface area contributed by atoms with Crippen LogP contribution < -0.4 is 0 Å². The van der Waals surface area contributed by atoms with Gasteiger partial charge in [-0.1, -0.05) is 39.8 Å². The Balaban J connectivity index is 1.67. The van der Waals surface area contributed by atoms with E-state index in [2.05, 4.69) is 26.8 Å². The Morgan fingerprint density at radius 2 is 1.56 bits per heavy atom. The van der Waals surface area contributed by atoms with Crippen LogP contribution >= 0.6 is 0 Å². The van der Waals surface area contributed by atoms with E-state index in [0.717, 1.165) is 12.8 Å². The highest BCUT2D eigenvalue weighted by Crippen LogP contribution is 2.69. The number of fused-ring (bicyclic) bond motifs is 5. The fraction of sp³-hybridized carbons (Fsp3) is 0.923. The van der Waals surface area contributed by atoms with Crippen LogP contribution in [-0.4, -0.2) is 67.3 Å². The lowest BCUT2D eigenvalue weighted by Gasteiger charge is -2.66. The van der Waals surface area contributed by atoms with Crippen molar-refractivity contribution in [2.24, 2.45) is 46.3 Å². The van der Waals surface area contributed by atoms with Crippen molar-refractivity contribution < 1.29 is 30.6 Å². The van der Waals surface area contributed by atoms with Crippen molar-refractivity contribution in [3.63, 3.8) is 0 Å². The third-order valence-corrected chi connectivity index (χ3v) is 10.5. The summed E-state index contributed by atoms with van der Waals surface area (Å²) in [4.78, 5) is 0. The summed E-state index contributed by atoms with van der Waals surface area (Å²) in [6, 6.07) is 0. The maximum Gasteiger partial charge on any atom is 0.0857 e. The lowest BCUT2D eigenvalue weighted by molar-refractivity contribution is -0.280. The van der Waals surface area contributed by atoms with Gasteiger partial charge in [-0.2, -0.15) is 0 Å². The molecule has 0 spiro atoms. The van der Waals surface area contributed by atoms with Gasteiger partial charge in [-0.3, -0.25) is 0 Å². The van der Waals surface area contributed by atoms with Crippen LogP contribution in [-0.2, 0) is 0 Å². The summed E-state index contributed by atoms with van der Waals surface area (Å²) < 4.78 is 0. The predicted octanol–water partition coefficient (Wildman–Crippen LogP) is 1.85. The molecule has 0 heterocycles. The van der Waals surface area contributed by atoms with Gasteiger partial charge in [0.25, 0.3) is 0 Å². The molecular weight excluding hydrogens is 408 g/mol. The highest BCUT2D eigenvalue weighted by Gasteiger charge is 2.71. The fourth-order valence-electron chi connectivity index (χ4n) is 9.01. The molecule has 184 valence electrons. The van der Waals surface area contributed by atoms with Gasteiger partial charge in [-0.15, -0.1) is 0 Å². The number of aliphatic hydroxyl groups excluding tert-OH is 5. The van der Waals surface area contributed by atoms with Gasteiger partial charge in [0.2, 0.25) is 0 Å². The number of rotatable bonds is 4. The summed E-state index contributed by atoms with van der Waals surface area (Å²) in [5.41, 5.74) is -1.94. The Kier molecular flexibility index (Phi) is 6.40. The van der Waals surface area contributed by atoms with Gasteiger partial charge in [0.15, 0.2) is 0 Å². The molecule has 32 heavy (non-hydrogen) atoms. The Bertz CT molecular complexity index is 727. The van der Waals surface area contributed by atoms with Crippen LogP contribution in [0, 0.1) is 46.3 Å². The van der Waals surface area contributed by atoms with Crippen LogP contribution in [0.1, 0.15) is 66.2 Å². The smallest absolute Gasteiger partial charge is 0.0857 e. The van der Waals surface area contributed by atoms with Crippen molar-refractivity contribution in [3.05, 3.63) is 12.2 Å². The molecule has 0 bridgehead atoms. The molecule has 0 aliphatic heterocycles. The molecule has 6 heteroatoms. The highest BCUT2D eigenvalue weighted by molar-refractivity contribution is 5.21. The van der Waals surface area contributed by atoms with E-state index < -0.39 is 41.3 Å². The number of hydrogen-bond donors (Lipinski definition) is 6. The first-order chi connectivity index (χ1) is 14.9. The summed E-state index contributed by atoms with van der Waals surface area (Å²) in [5, 5.41) is 65.1. The molecule has 4 fully saturated rings. The van der Waals surface area contributed by atoms with E-state index in [4.69, 9.17) is 0 Å². The zero-order valence-corrected chi connectivity index (χ0v) is 20.1. The van der Waals surface area contributed by atoms with Crippen LogP contribution in [0.25, 0.3) is 0 Å². The third-order valence-electron chi connectivity index (χ3n) is 10.5. The van der Waals surface area contributed by atoms with E-state index >= 15 is 0 Å². The molecule has 13 atom stereocenters. The molecule has 2 unspecified atom stereocenters. The van der Waals surface area contributed by atoms with E-state index in [1.165, 1.54) is 0 Å². The van der Waals surface area contributed by atoms with Gasteiger partial charge in [-0.05, 0) is 66.6 Å². The van der Waals surface area contributed by atoms with Crippen molar-refractivity contribution in [2.45, 2.75) is 96.2 Å². The zero-order valence-electron chi connectivity index (χ0n) is 20.1. The maximum absolute atomic E-state index is 12.3. The molecule has 4 rings (SSSR count). The quantitative estimate of drug-likeness (QED) is 0.362. The van der Waals surface area contributed by atoms with Crippen LogP contribution in [0.4, 0.5) is 0 Å². The number of allylic oxidation sites excluding steroid dienone is 1. The highest BCUT2D eigenvalue weighted by atomic mass is 16.3. The molecule has 0 aromatic carbocycles. The van der Waals surface area contributed by atoms with Gasteiger partial charge in [0.1, 0.15) is 0 Å². The summed E-state index contributed by atoms with van der Waals surface area (Å²) in [6.07, 6.45) is 4.36. The summed E-state index contributed by atoms with van der Waals surface area (Å²) in [7, 11) is 0. The second-order valence-electron chi connectivity index (χ2n) is 12.3. The average Bonchev–Trinajstić information content (AvgIpc) is 3.00. The van der Waals surface area contributed by atoms with Crippen molar-refractivity contribution in [3.8, 4) is 0 Å². The monoisotopic (exact) mass is 452 g/mol. The molecule has 0 aromatic heterocycles. The predicted molar refractivity (Wildman–Crippen MR) is 121 cm³/mol. The van der Waals surface area contributed by atoms with E-state index in [9.17, 15) is 30.6 Å². The first-order valence-corrected chi connectivity index (χ1v) is 12.6. The van der Waals surface area contributed by atoms with Gasteiger partial charge in [0.05, 0.1) is 30.0 Å². The molecule has 0 amide bonds. The Labute approximate surface area is 192 Å². The van der Waals surface area contributed by atoms with Crippen LogP contribution in [0.3, 0.4) is 0 Å². The average molecular weight is 453 g/mol. The normalized spacial score (nSPS) is 55.2. The second-order valence-corrected chi connectivity index (χ2v) is 12.3. The van der Waals surface area contributed by atoms with Crippen LogP contribution in [0.15, 0.2) is 12.2 Å². The molecule has 4 aliphatic carbocycles. The Hall–Kier alpha value is -0.500. The van der Waals surface area contributed by atoms with Crippen LogP contribution in [0.5, 0.6) is 0 Å². The maximum atomic E-state index is 12.3. The standard InChI is InChI=1S/C26H44O6/c1-14(13-27)5-6-15(2)16-11-18(29)23-24(16,3)10-8-20-25(4)9-7-17(28)22(31)21(25)19(30)12-26(20,23)32/h5-6,14-23,27-32H,7-13H2,1-4H3/b6-5+/t14?,15-,16-,17+,18-,19+,20-,21?,22+,23-,24-,25-,26+/m1/s1. The first kappa shape index (κ1) is 24.6. The zero-order chi connectivity index (χ0) is 23.6. The number of hydrogen-bond acceptors (Lipinski definition) is 6. The summed E-state index contributed by atoms with van der Waals surface area (Å²) >= 11 is 0. The van der Waals surface area contributed by atoms with Crippen molar-refractivity contribution in [2.75, 3.05) is 6.61 Å². The molecule has 6 nitrogen and oxygen atoms in total. The van der Waals surface area contributed by atoms with Crippen molar-refractivity contribution in [1.82, 2.24) is 0 Å². The van der Waals surface area contributed by atoms with E-state index in [0.29, 0.717) is 19.3 Å². The SMILES string of the molecule is CC(/C=C/[C@@H](C)[C@H]1C[C@@H](O)[C@@H]2[C@]1(C)CC[C@H]1[C@@]2(O)C[C@H](O)C2[C@@H](O)[C@@H](O)CC[C@@]21C)CO. The topological polar surface area (TPSA) is 121 Å². The molecular formula is C26H44O6. The Morgan fingerprint density at radius 3 is 2.22 bits per heavy atom. The minimum Gasteiger partial charge on any atom is -0.396 e. The Morgan fingerprint density at radius 1 is 0.906 bits per heavy atom. The van der Waals surface area contributed by atoms with E-state index in [1.54, 1.807) is 0 Å². The molecule has 6 N–H and O–H groups in total. The molecule has 0 radical (unpaired) electrons. The van der Waals surface area contributed by atoms with Gasteiger partial charge < -0.3 is 30.6 Å². The fourth-order valence-corrected chi connectivity index (χ4v) is 9.01. The first-order valence-electron chi connectivity index (χ1n) is 12.6. The third kappa shape index (κ3) is 3.44. The molecule has 0 aromatic rings. The largest absolute Gasteiger partial charge is 0.396 e. The van der Waals surface area contributed by atoms with Crippen molar-refractivity contribution in [1.29, 1.82) is 0 Å². The lowest BCUT2D eigenvalue weighted by atomic mass is 9.41. The molecule has 4 saturated carbocycles. The van der Waals surface area contributed by atoms with Crippen molar-refractivity contribution >= 4 is 0 Å². The van der Waals surface area contributed by atoms with Gasteiger partial charge >= 0.3 is 0 Å². The van der Waals surface area contributed by atoms with Crippen LogP contribution in [0.2, 0.25) is 0 Å². The van der Waals surface area contributed by atoms with Gasteiger partial charge in [-0.25, -0.2) is 0 Å². The second kappa shape index (κ2) is 8.31. The minimum absolute atomic E-state index is 0.0887. The van der Waals surface area contributed by atoms with E-state index in [-0.39, 0.29) is 48.0 Å². The van der Waals surface area contributed by atoms with E-state index in [1.807, 2.05) is 13.0 Å². The summed E-state index contributed by atoms with van der Waals surface area (Å²) in [6.45, 7) is 8.51. The molecule has 0 saturated heterocycles. The summed E-state index contributed by atoms with van der Waals surface area (Å²) in [5.74, 6) is -0.422. The molecule has 4 aliphatic rings. The number of aliphatic hydroxyl groups is 6. The lowest BCUT2D eigenvalue weighted by Crippen LogP contribution is -2.70. The minimum atomic E-state index is -1.20.